The van der Waals surface area contributed by atoms with Gasteiger partial charge in [-0.05, 0) is 30.5 Å². The molecule has 1 unspecified atom stereocenters. The van der Waals surface area contributed by atoms with Gasteiger partial charge in [0.1, 0.15) is 0 Å². The molecule has 3 atom stereocenters. The van der Waals surface area contributed by atoms with Crippen LogP contribution in [-0.4, -0.2) is 46.4 Å². The number of aromatic nitrogens is 2. The summed E-state index contributed by atoms with van der Waals surface area (Å²) in [6.07, 6.45) is 3.22. The molecule has 2 N–H and O–H groups in total. The standard InChI is InChI=1S/C15H16ClN3O3S/c16-8-3-11(10-5-17-18-14(10)4-8)15(20)12-6-19(7-13(12)15)23(21,22)9-1-2-9/h3-5,9,12-13,20H,1-2,6-7H2,(H,17,18)/t12-,13+,15?. The predicted octanol–water partition coefficient (Wildman–Crippen LogP) is 1.46. The molecule has 1 aromatic carbocycles. The molecule has 0 bridgehead atoms. The maximum Gasteiger partial charge on any atom is 0.217 e. The monoisotopic (exact) mass is 353 g/mol. The first-order valence-corrected chi connectivity index (χ1v) is 9.65. The Morgan fingerprint density at radius 1 is 1.30 bits per heavy atom. The van der Waals surface area contributed by atoms with Crippen molar-refractivity contribution in [2.45, 2.75) is 23.7 Å². The Labute approximate surface area is 138 Å². The highest BCUT2D eigenvalue weighted by molar-refractivity contribution is 7.90. The smallest absolute Gasteiger partial charge is 0.217 e. The van der Waals surface area contributed by atoms with Crippen molar-refractivity contribution < 1.29 is 13.5 Å². The number of H-pyrrole nitrogens is 1. The van der Waals surface area contributed by atoms with Crippen LogP contribution in [0.15, 0.2) is 18.3 Å². The number of fused-ring (bicyclic) bond motifs is 2. The van der Waals surface area contributed by atoms with Crippen LogP contribution in [0, 0.1) is 11.8 Å². The molecule has 2 aliphatic carbocycles. The van der Waals surface area contributed by atoms with Crippen molar-refractivity contribution in [1.82, 2.24) is 14.5 Å². The molecule has 2 aromatic rings. The van der Waals surface area contributed by atoms with Gasteiger partial charge in [0, 0.05) is 35.3 Å². The van der Waals surface area contributed by atoms with Crippen LogP contribution in [0.4, 0.5) is 0 Å². The Morgan fingerprint density at radius 3 is 2.65 bits per heavy atom. The summed E-state index contributed by atoms with van der Waals surface area (Å²) >= 11 is 6.16. The van der Waals surface area contributed by atoms with Gasteiger partial charge in [-0.15, -0.1) is 0 Å². The summed E-state index contributed by atoms with van der Waals surface area (Å²) in [5.41, 5.74) is 0.545. The molecule has 5 rings (SSSR count). The van der Waals surface area contributed by atoms with Gasteiger partial charge in [0.2, 0.25) is 10.0 Å². The molecule has 3 aliphatic rings. The summed E-state index contributed by atoms with van der Waals surface area (Å²) in [6.45, 7) is 0.789. The topological polar surface area (TPSA) is 86.3 Å². The van der Waals surface area contributed by atoms with Crippen LogP contribution in [0.1, 0.15) is 18.4 Å². The molecular formula is C15H16ClN3O3S. The van der Waals surface area contributed by atoms with Gasteiger partial charge in [-0.1, -0.05) is 11.6 Å². The molecule has 122 valence electrons. The van der Waals surface area contributed by atoms with Gasteiger partial charge in [-0.3, -0.25) is 5.10 Å². The van der Waals surface area contributed by atoms with Gasteiger partial charge in [-0.2, -0.15) is 5.10 Å². The van der Waals surface area contributed by atoms with Crippen LogP contribution in [0.2, 0.25) is 5.02 Å². The fourth-order valence-electron chi connectivity index (χ4n) is 4.10. The number of piperidine rings is 1. The second kappa shape index (κ2) is 4.27. The molecule has 1 aliphatic heterocycles. The second-order valence-corrected chi connectivity index (χ2v) is 9.53. The highest BCUT2D eigenvalue weighted by atomic mass is 35.5. The van der Waals surface area contributed by atoms with Gasteiger partial charge in [0.25, 0.3) is 0 Å². The zero-order valence-corrected chi connectivity index (χ0v) is 13.8. The van der Waals surface area contributed by atoms with E-state index in [1.165, 1.54) is 0 Å². The quantitative estimate of drug-likeness (QED) is 0.874. The molecule has 1 aromatic heterocycles. The third-order valence-corrected chi connectivity index (χ3v) is 8.12. The minimum atomic E-state index is -3.16. The van der Waals surface area contributed by atoms with E-state index in [0.29, 0.717) is 18.1 Å². The highest BCUT2D eigenvalue weighted by Gasteiger charge is 2.70. The maximum absolute atomic E-state index is 12.3. The number of hydrogen-bond donors (Lipinski definition) is 2. The first-order valence-electron chi connectivity index (χ1n) is 7.77. The largest absolute Gasteiger partial charge is 0.384 e. The molecule has 2 heterocycles. The fourth-order valence-corrected chi connectivity index (χ4v) is 6.21. The molecule has 6 nitrogen and oxygen atoms in total. The Kier molecular flexibility index (Phi) is 2.64. The van der Waals surface area contributed by atoms with Crippen molar-refractivity contribution in [3.8, 4) is 0 Å². The van der Waals surface area contributed by atoms with E-state index in [1.54, 1.807) is 22.6 Å². The van der Waals surface area contributed by atoms with Crippen LogP contribution in [0.5, 0.6) is 0 Å². The summed E-state index contributed by atoms with van der Waals surface area (Å²) in [6, 6.07) is 3.55. The van der Waals surface area contributed by atoms with E-state index < -0.39 is 15.6 Å². The van der Waals surface area contributed by atoms with E-state index in [1.807, 2.05) is 0 Å². The lowest BCUT2D eigenvalue weighted by molar-refractivity contribution is 0.0991. The van der Waals surface area contributed by atoms with E-state index in [9.17, 15) is 13.5 Å². The Morgan fingerprint density at radius 2 is 2.00 bits per heavy atom. The van der Waals surface area contributed by atoms with E-state index in [0.717, 1.165) is 29.3 Å². The van der Waals surface area contributed by atoms with Gasteiger partial charge in [0.15, 0.2) is 0 Å². The number of sulfonamides is 1. The van der Waals surface area contributed by atoms with Crippen molar-refractivity contribution >= 4 is 32.5 Å². The van der Waals surface area contributed by atoms with Crippen molar-refractivity contribution in [2.75, 3.05) is 13.1 Å². The normalized spacial score (nSPS) is 34.0. The number of benzene rings is 1. The minimum absolute atomic E-state index is 0.0624. The van der Waals surface area contributed by atoms with Gasteiger partial charge in [-0.25, -0.2) is 12.7 Å². The predicted molar refractivity (Wildman–Crippen MR) is 85.5 cm³/mol. The average Bonchev–Trinajstić information content (AvgIpc) is 3.30. The summed E-state index contributed by atoms with van der Waals surface area (Å²) in [4.78, 5) is 0. The van der Waals surface area contributed by atoms with Crippen LogP contribution < -0.4 is 0 Å². The molecule has 1 saturated heterocycles. The van der Waals surface area contributed by atoms with Crippen molar-refractivity contribution in [3.05, 3.63) is 28.9 Å². The molecule has 23 heavy (non-hydrogen) atoms. The number of aliphatic hydroxyl groups is 1. The lowest BCUT2D eigenvalue weighted by Crippen LogP contribution is -2.37. The van der Waals surface area contributed by atoms with Gasteiger partial charge in [0.05, 0.1) is 22.6 Å². The van der Waals surface area contributed by atoms with Crippen LogP contribution in [-0.2, 0) is 15.6 Å². The Hall–Kier alpha value is -1.15. The average molecular weight is 354 g/mol. The molecule has 0 radical (unpaired) electrons. The molecular weight excluding hydrogens is 338 g/mol. The van der Waals surface area contributed by atoms with E-state index in [4.69, 9.17) is 11.6 Å². The Balaban J connectivity index is 1.49. The van der Waals surface area contributed by atoms with Crippen LogP contribution >= 0.6 is 11.6 Å². The number of rotatable bonds is 3. The van der Waals surface area contributed by atoms with E-state index in [-0.39, 0.29) is 17.1 Å². The molecule has 0 amide bonds. The Bertz CT molecular complexity index is 909. The van der Waals surface area contributed by atoms with Crippen molar-refractivity contribution in [3.63, 3.8) is 0 Å². The molecule has 0 spiro atoms. The lowest BCUT2D eigenvalue weighted by atomic mass is 9.99. The summed E-state index contributed by atoms with van der Waals surface area (Å²) < 4.78 is 26.2. The number of nitrogens with one attached hydrogen (secondary N) is 1. The zero-order valence-electron chi connectivity index (χ0n) is 12.2. The zero-order chi connectivity index (χ0) is 16.0. The summed E-state index contributed by atoms with van der Waals surface area (Å²) in [5, 5.41) is 19.2. The summed E-state index contributed by atoms with van der Waals surface area (Å²) in [5.74, 6) is -0.125. The molecule has 2 saturated carbocycles. The van der Waals surface area contributed by atoms with Crippen molar-refractivity contribution in [2.24, 2.45) is 11.8 Å². The van der Waals surface area contributed by atoms with Crippen LogP contribution in [0.25, 0.3) is 10.9 Å². The third kappa shape index (κ3) is 1.82. The second-order valence-electron chi connectivity index (χ2n) is 6.88. The molecule has 8 heteroatoms. The number of halogens is 1. The minimum Gasteiger partial charge on any atom is -0.384 e. The van der Waals surface area contributed by atoms with Crippen molar-refractivity contribution in [1.29, 1.82) is 0 Å². The summed E-state index contributed by atoms with van der Waals surface area (Å²) in [7, 11) is -3.16. The lowest BCUT2D eigenvalue weighted by Gasteiger charge is -2.24. The van der Waals surface area contributed by atoms with Crippen LogP contribution in [0.3, 0.4) is 0 Å². The number of nitrogens with zero attached hydrogens (tertiary/aromatic N) is 2. The van der Waals surface area contributed by atoms with Gasteiger partial charge >= 0.3 is 0 Å². The number of aromatic amines is 1. The first-order chi connectivity index (χ1) is 10.9. The highest BCUT2D eigenvalue weighted by Crippen LogP contribution is 2.63. The third-order valence-electron chi connectivity index (χ3n) is 5.57. The fraction of sp³-hybridized carbons (Fsp3) is 0.533. The van der Waals surface area contributed by atoms with E-state index in [2.05, 4.69) is 10.2 Å². The SMILES string of the molecule is O=S(=O)(C1CC1)N1C[C@@H]2[C@H](C1)C2(O)c1cc(Cl)cc2[nH]ncc12. The van der Waals surface area contributed by atoms with E-state index >= 15 is 0 Å². The molecule has 3 fully saturated rings. The maximum atomic E-state index is 12.3. The van der Waals surface area contributed by atoms with Gasteiger partial charge < -0.3 is 5.11 Å². The number of hydrogen-bond acceptors (Lipinski definition) is 4. The first kappa shape index (κ1) is 14.2.